The lowest BCUT2D eigenvalue weighted by Crippen LogP contribution is -2.14. The van der Waals surface area contributed by atoms with E-state index < -0.39 is 0 Å². The summed E-state index contributed by atoms with van der Waals surface area (Å²) < 4.78 is 1.07. The minimum absolute atomic E-state index is 0.0331. The zero-order valence-electron chi connectivity index (χ0n) is 10.0. The Hall–Kier alpha value is -0.550. The van der Waals surface area contributed by atoms with Crippen LogP contribution in [0.1, 0.15) is 26.5 Å². The summed E-state index contributed by atoms with van der Waals surface area (Å²) in [4.78, 5) is 4.63. The molecule has 2 rings (SSSR count). The Labute approximate surface area is 120 Å². The van der Waals surface area contributed by atoms with Crippen molar-refractivity contribution in [3.05, 3.63) is 32.5 Å². The molecule has 0 aliphatic heterocycles. The Bertz CT molecular complexity index is 588. The van der Waals surface area contributed by atoms with Gasteiger partial charge < -0.3 is 5.73 Å². The predicted octanol–water partition coefficient (Wildman–Crippen LogP) is 4.37. The van der Waals surface area contributed by atoms with Crippen LogP contribution < -0.4 is 5.73 Å². The van der Waals surface area contributed by atoms with Crippen molar-refractivity contribution >= 4 is 50.8 Å². The van der Waals surface area contributed by atoms with Crippen LogP contribution >= 0.6 is 34.2 Å². The van der Waals surface area contributed by atoms with Crippen LogP contribution in [0.25, 0.3) is 10.9 Å². The maximum absolute atomic E-state index is 6.23. The van der Waals surface area contributed by atoms with Crippen molar-refractivity contribution in [2.24, 2.45) is 0 Å². The standard InChI is InChI=1S/C13H14ClIN2/c1-13(2,3)11-6-10(16)8-4-7(15)5-9(14)12(8)17-11/h4-6H,1-3H3,(H2,16,17). The van der Waals surface area contributed by atoms with E-state index in [0.29, 0.717) is 5.02 Å². The number of nitrogen functional groups attached to an aromatic ring is 1. The average molecular weight is 361 g/mol. The Balaban J connectivity index is 2.83. The van der Waals surface area contributed by atoms with Crippen LogP contribution in [0.3, 0.4) is 0 Å². The molecule has 0 aliphatic rings. The van der Waals surface area contributed by atoms with E-state index in [9.17, 15) is 0 Å². The minimum Gasteiger partial charge on any atom is -0.398 e. The van der Waals surface area contributed by atoms with Gasteiger partial charge in [0.25, 0.3) is 0 Å². The van der Waals surface area contributed by atoms with E-state index in [1.54, 1.807) is 0 Å². The topological polar surface area (TPSA) is 38.9 Å². The van der Waals surface area contributed by atoms with Crippen LogP contribution in [0.15, 0.2) is 18.2 Å². The SMILES string of the molecule is CC(C)(C)c1cc(N)c2cc(I)cc(Cl)c2n1. The first-order chi connectivity index (χ1) is 7.79. The molecule has 0 unspecified atom stereocenters. The third-order valence-electron chi connectivity index (χ3n) is 2.63. The molecule has 1 aromatic heterocycles. The molecule has 0 saturated carbocycles. The van der Waals surface area contributed by atoms with Gasteiger partial charge in [-0.15, -0.1) is 0 Å². The van der Waals surface area contributed by atoms with Gasteiger partial charge in [0.15, 0.2) is 0 Å². The number of nitrogens with zero attached hydrogens (tertiary/aromatic N) is 1. The highest BCUT2D eigenvalue weighted by Crippen LogP contribution is 2.32. The molecule has 2 nitrogen and oxygen atoms in total. The second kappa shape index (κ2) is 4.28. The zero-order valence-corrected chi connectivity index (χ0v) is 12.9. The average Bonchev–Trinajstić information content (AvgIpc) is 2.17. The summed E-state index contributed by atoms with van der Waals surface area (Å²) in [6.45, 7) is 6.34. The van der Waals surface area contributed by atoms with Crippen molar-refractivity contribution in [1.29, 1.82) is 0 Å². The molecule has 1 heterocycles. The van der Waals surface area contributed by atoms with E-state index in [0.717, 1.165) is 25.9 Å². The molecule has 4 heteroatoms. The third kappa shape index (κ3) is 2.50. The number of hydrogen-bond donors (Lipinski definition) is 1. The minimum atomic E-state index is -0.0331. The summed E-state index contributed by atoms with van der Waals surface area (Å²) in [5, 5.41) is 1.58. The number of hydrogen-bond acceptors (Lipinski definition) is 2. The van der Waals surface area contributed by atoms with E-state index in [4.69, 9.17) is 17.3 Å². The van der Waals surface area contributed by atoms with Crippen LogP contribution in [0, 0.1) is 3.57 Å². The zero-order chi connectivity index (χ0) is 12.8. The molecule has 0 radical (unpaired) electrons. The summed E-state index contributed by atoms with van der Waals surface area (Å²) in [6, 6.07) is 5.86. The lowest BCUT2D eigenvalue weighted by molar-refractivity contribution is 0.572. The Morgan fingerprint density at radius 3 is 2.47 bits per heavy atom. The molecule has 90 valence electrons. The van der Waals surface area contributed by atoms with Crippen LogP contribution in [-0.4, -0.2) is 4.98 Å². The number of halogens is 2. The number of benzene rings is 1. The van der Waals surface area contributed by atoms with Crippen LogP contribution in [0.4, 0.5) is 5.69 Å². The lowest BCUT2D eigenvalue weighted by Gasteiger charge is -2.19. The second-order valence-electron chi connectivity index (χ2n) is 5.13. The number of rotatable bonds is 0. The Kier molecular flexibility index (Phi) is 3.25. The fraction of sp³-hybridized carbons (Fsp3) is 0.308. The monoisotopic (exact) mass is 360 g/mol. The van der Waals surface area contributed by atoms with Crippen molar-refractivity contribution in [3.8, 4) is 0 Å². The fourth-order valence-electron chi connectivity index (χ4n) is 1.66. The van der Waals surface area contributed by atoms with E-state index in [1.807, 2.05) is 18.2 Å². The summed E-state index contributed by atoms with van der Waals surface area (Å²) in [7, 11) is 0. The van der Waals surface area contributed by atoms with Crippen molar-refractivity contribution in [2.45, 2.75) is 26.2 Å². The second-order valence-corrected chi connectivity index (χ2v) is 6.78. The van der Waals surface area contributed by atoms with Gasteiger partial charge in [0.1, 0.15) is 0 Å². The summed E-state index contributed by atoms with van der Waals surface area (Å²) >= 11 is 8.46. The molecule has 0 bridgehead atoms. The number of pyridine rings is 1. The van der Waals surface area contributed by atoms with Crippen LogP contribution in [-0.2, 0) is 5.41 Å². The summed E-state index contributed by atoms with van der Waals surface area (Å²) in [5.74, 6) is 0. The quantitative estimate of drug-likeness (QED) is 0.708. The fourth-order valence-corrected chi connectivity index (χ4v) is 2.73. The molecule has 0 fully saturated rings. The van der Waals surface area contributed by atoms with Gasteiger partial charge in [-0.25, -0.2) is 0 Å². The van der Waals surface area contributed by atoms with Gasteiger partial charge >= 0.3 is 0 Å². The number of anilines is 1. The van der Waals surface area contributed by atoms with Gasteiger partial charge in [0, 0.05) is 25.8 Å². The van der Waals surface area contributed by atoms with Crippen molar-refractivity contribution < 1.29 is 0 Å². The molecule has 2 aromatic rings. The van der Waals surface area contributed by atoms with Gasteiger partial charge in [-0.1, -0.05) is 32.4 Å². The predicted molar refractivity (Wildman–Crippen MR) is 82.6 cm³/mol. The van der Waals surface area contributed by atoms with Crippen LogP contribution in [0.2, 0.25) is 5.02 Å². The molecule has 0 atom stereocenters. The first-order valence-corrected chi connectivity index (χ1v) is 6.80. The lowest BCUT2D eigenvalue weighted by atomic mass is 9.91. The van der Waals surface area contributed by atoms with Gasteiger partial charge in [-0.05, 0) is 40.8 Å². The van der Waals surface area contributed by atoms with Crippen molar-refractivity contribution in [1.82, 2.24) is 4.98 Å². The van der Waals surface area contributed by atoms with Gasteiger partial charge in [0.2, 0.25) is 0 Å². The van der Waals surface area contributed by atoms with E-state index >= 15 is 0 Å². The molecular formula is C13H14ClIN2. The molecular weight excluding hydrogens is 347 g/mol. The number of fused-ring (bicyclic) bond motifs is 1. The number of aromatic nitrogens is 1. The maximum atomic E-state index is 6.23. The first kappa shape index (κ1) is 12.9. The van der Waals surface area contributed by atoms with E-state index in [1.165, 1.54) is 0 Å². The maximum Gasteiger partial charge on any atom is 0.0913 e. The smallest absolute Gasteiger partial charge is 0.0913 e. The molecule has 17 heavy (non-hydrogen) atoms. The highest BCUT2D eigenvalue weighted by Gasteiger charge is 2.18. The van der Waals surface area contributed by atoms with E-state index in [2.05, 4.69) is 48.3 Å². The normalized spacial score (nSPS) is 12.1. The van der Waals surface area contributed by atoms with Gasteiger partial charge in [-0.3, -0.25) is 4.98 Å². The summed E-state index contributed by atoms with van der Waals surface area (Å²) in [6.07, 6.45) is 0. The van der Waals surface area contributed by atoms with Crippen molar-refractivity contribution in [3.63, 3.8) is 0 Å². The van der Waals surface area contributed by atoms with Gasteiger partial charge in [-0.2, -0.15) is 0 Å². The largest absolute Gasteiger partial charge is 0.398 e. The highest BCUT2D eigenvalue weighted by atomic mass is 127. The first-order valence-electron chi connectivity index (χ1n) is 5.35. The van der Waals surface area contributed by atoms with E-state index in [-0.39, 0.29) is 5.41 Å². The van der Waals surface area contributed by atoms with Crippen LogP contribution in [0.5, 0.6) is 0 Å². The molecule has 0 saturated heterocycles. The van der Waals surface area contributed by atoms with Gasteiger partial charge in [0.05, 0.1) is 10.5 Å². The highest BCUT2D eigenvalue weighted by molar-refractivity contribution is 14.1. The molecule has 0 aliphatic carbocycles. The molecule has 0 amide bonds. The third-order valence-corrected chi connectivity index (χ3v) is 3.54. The summed E-state index contributed by atoms with van der Waals surface area (Å²) in [5.41, 5.74) is 8.55. The van der Waals surface area contributed by atoms with Crippen molar-refractivity contribution in [2.75, 3.05) is 5.73 Å². The Morgan fingerprint density at radius 1 is 1.24 bits per heavy atom. The number of nitrogens with two attached hydrogens (primary N) is 1. The molecule has 1 aromatic carbocycles. The Morgan fingerprint density at radius 2 is 1.88 bits per heavy atom. The molecule has 0 spiro atoms. The molecule has 2 N–H and O–H groups in total.